The van der Waals surface area contributed by atoms with Crippen LogP contribution in [0.3, 0.4) is 0 Å². The number of rotatable bonds is 30. The number of ether oxygens (including phenoxy) is 1. The fraction of sp³-hybridized carbons (Fsp3) is 0.816. The van der Waals surface area contributed by atoms with Gasteiger partial charge in [0.1, 0.15) is 11.7 Å². The van der Waals surface area contributed by atoms with Crippen molar-refractivity contribution in [2.75, 3.05) is 0 Å². The lowest BCUT2D eigenvalue weighted by Crippen LogP contribution is -2.32. The molecule has 1 aliphatic heterocycles. The number of allylic oxidation sites excluding steroid dienone is 5. The highest BCUT2D eigenvalue weighted by Gasteiger charge is 2.36. The van der Waals surface area contributed by atoms with Gasteiger partial charge < -0.3 is 4.74 Å². The van der Waals surface area contributed by atoms with Gasteiger partial charge in [0.2, 0.25) is 0 Å². The van der Waals surface area contributed by atoms with Crippen LogP contribution in [-0.2, 0) is 9.53 Å². The third-order valence-corrected chi connectivity index (χ3v) is 8.41. The van der Waals surface area contributed by atoms with Crippen molar-refractivity contribution in [3.63, 3.8) is 0 Å². The van der Waals surface area contributed by atoms with Crippen LogP contribution in [0, 0.1) is 5.92 Å². The Morgan fingerprint density at radius 2 is 0.825 bits per heavy atom. The Balaban J connectivity index is 1.86. The molecule has 1 saturated heterocycles. The second kappa shape index (κ2) is 29.2. The minimum atomic E-state index is 0.0129. The molecule has 1 fully saturated rings. The zero-order valence-electron chi connectivity index (χ0n) is 27.1. The van der Waals surface area contributed by atoms with Crippen LogP contribution in [0.15, 0.2) is 36.1 Å². The molecule has 2 nitrogen and oxygen atoms in total. The fourth-order valence-electron chi connectivity index (χ4n) is 5.61. The van der Waals surface area contributed by atoms with Gasteiger partial charge in [0.05, 0.1) is 0 Å². The molecule has 1 rings (SSSR count). The standard InChI is InChI=1S/C38H68O2/c1-3-5-7-9-11-13-15-17-19-21-23-25-27-29-31-33-35-37-36(38(39)40-37)34-32-30-28-26-24-22-20-18-16-14-12-10-8-6-4-2/h9-12,35-36H,3-8,13-34H2,1-2H3/b11-9+,12-10+,37-35+. The summed E-state index contributed by atoms with van der Waals surface area (Å²) in [5.41, 5.74) is 0. The van der Waals surface area contributed by atoms with Crippen LogP contribution in [0.5, 0.6) is 0 Å². The lowest BCUT2D eigenvalue weighted by Gasteiger charge is -2.28. The largest absolute Gasteiger partial charge is 0.430 e. The predicted molar refractivity (Wildman–Crippen MR) is 177 cm³/mol. The molecule has 0 aromatic heterocycles. The average Bonchev–Trinajstić information content (AvgIpc) is 2.96. The van der Waals surface area contributed by atoms with Crippen molar-refractivity contribution in [3.05, 3.63) is 36.1 Å². The highest BCUT2D eigenvalue weighted by Crippen LogP contribution is 2.32. The Kier molecular flexibility index (Phi) is 26.8. The molecule has 1 unspecified atom stereocenters. The number of hydrogen-bond acceptors (Lipinski definition) is 2. The molecule has 0 bridgehead atoms. The van der Waals surface area contributed by atoms with Gasteiger partial charge in [0, 0.05) is 0 Å². The average molecular weight is 557 g/mol. The topological polar surface area (TPSA) is 26.3 Å². The highest BCUT2D eigenvalue weighted by molar-refractivity contribution is 5.82. The Labute approximate surface area is 250 Å². The number of hydrogen-bond donors (Lipinski definition) is 0. The number of cyclic esters (lactones) is 1. The van der Waals surface area contributed by atoms with E-state index in [9.17, 15) is 4.79 Å². The number of carbonyl (C=O) groups is 1. The highest BCUT2D eigenvalue weighted by atomic mass is 16.6. The van der Waals surface area contributed by atoms with E-state index in [2.05, 4.69) is 44.2 Å². The van der Waals surface area contributed by atoms with Gasteiger partial charge in [-0.25, -0.2) is 0 Å². The van der Waals surface area contributed by atoms with E-state index in [0.29, 0.717) is 0 Å². The van der Waals surface area contributed by atoms with Crippen LogP contribution in [0.25, 0.3) is 0 Å². The van der Waals surface area contributed by atoms with Crippen molar-refractivity contribution in [1.29, 1.82) is 0 Å². The van der Waals surface area contributed by atoms with E-state index in [0.717, 1.165) is 25.0 Å². The van der Waals surface area contributed by atoms with Crippen molar-refractivity contribution in [1.82, 2.24) is 0 Å². The molecule has 0 N–H and O–H groups in total. The van der Waals surface area contributed by atoms with Gasteiger partial charge in [-0.2, -0.15) is 0 Å². The first-order valence-corrected chi connectivity index (χ1v) is 18.0. The predicted octanol–water partition coefficient (Wildman–Crippen LogP) is 13.1. The monoisotopic (exact) mass is 557 g/mol. The van der Waals surface area contributed by atoms with Crippen LogP contribution < -0.4 is 0 Å². The summed E-state index contributed by atoms with van der Waals surface area (Å²) >= 11 is 0. The van der Waals surface area contributed by atoms with Crippen LogP contribution in [0.1, 0.15) is 194 Å². The maximum Gasteiger partial charge on any atom is 0.321 e. The van der Waals surface area contributed by atoms with E-state index >= 15 is 0 Å². The third kappa shape index (κ3) is 22.4. The van der Waals surface area contributed by atoms with Gasteiger partial charge >= 0.3 is 5.97 Å². The second-order valence-corrected chi connectivity index (χ2v) is 12.3. The molecule has 0 aromatic carbocycles. The molecule has 0 aliphatic carbocycles. The molecule has 1 aliphatic rings. The van der Waals surface area contributed by atoms with Crippen molar-refractivity contribution in [3.8, 4) is 0 Å². The minimum absolute atomic E-state index is 0.0129. The molecule has 232 valence electrons. The van der Waals surface area contributed by atoms with E-state index in [-0.39, 0.29) is 11.9 Å². The summed E-state index contributed by atoms with van der Waals surface area (Å²) < 4.78 is 5.36. The molecule has 0 aromatic rings. The maximum absolute atomic E-state index is 11.9. The Morgan fingerprint density at radius 3 is 1.23 bits per heavy atom. The molecule has 0 amide bonds. The molecule has 0 saturated carbocycles. The summed E-state index contributed by atoms with van der Waals surface area (Å²) in [6.07, 6.45) is 48.3. The smallest absolute Gasteiger partial charge is 0.321 e. The zero-order valence-corrected chi connectivity index (χ0v) is 27.1. The number of esters is 1. The SMILES string of the molecule is CCCC/C=C/CCCCCCCCCCC/C=C1/OC(=O)C1CCCCCCCCCCC/C=C/CCCC. The molecule has 1 atom stereocenters. The summed E-state index contributed by atoms with van der Waals surface area (Å²) in [5, 5.41) is 0. The number of unbranched alkanes of at least 4 members (excludes halogenated alkanes) is 23. The zero-order chi connectivity index (χ0) is 28.8. The van der Waals surface area contributed by atoms with Crippen LogP contribution >= 0.6 is 0 Å². The second-order valence-electron chi connectivity index (χ2n) is 12.3. The van der Waals surface area contributed by atoms with E-state index in [1.165, 1.54) is 161 Å². The molecule has 2 heteroatoms. The first-order chi connectivity index (χ1) is 19.8. The first-order valence-electron chi connectivity index (χ1n) is 18.0. The number of carbonyl (C=O) groups excluding carboxylic acids is 1. The normalized spacial score (nSPS) is 16.4. The van der Waals surface area contributed by atoms with Gasteiger partial charge in [-0.1, -0.05) is 160 Å². The van der Waals surface area contributed by atoms with Crippen molar-refractivity contribution >= 4 is 5.97 Å². The van der Waals surface area contributed by atoms with Crippen LogP contribution in [0.4, 0.5) is 0 Å². The minimum Gasteiger partial charge on any atom is -0.430 e. The Hall–Kier alpha value is -1.31. The lowest BCUT2D eigenvalue weighted by atomic mass is 9.93. The summed E-state index contributed by atoms with van der Waals surface area (Å²) in [6.45, 7) is 4.52. The summed E-state index contributed by atoms with van der Waals surface area (Å²) in [4.78, 5) is 11.9. The Bertz CT molecular complexity index is 644. The summed E-state index contributed by atoms with van der Waals surface area (Å²) in [6, 6.07) is 0. The lowest BCUT2D eigenvalue weighted by molar-refractivity contribution is -0.157. The summed E-state index contributed by atoms with van der Waals surface area (Å²) in [7, 11) is 0. The van der Waals surface area contributed by atoms with E-state index in [1.807, 2.05) is 0 Å². The van der Waals surface area contributed by atoms with E-state index in [1.54, 1.807) is 0 Å². The van der Waals surface area contributed by atoms with Crippen molar-refractivity contribution in [2.45, 2.75) is 194 Å². The first kappa shape index (κ1) is 36.7. The maximum atomic E-state index is 11.9. The molecular formula is C38H68O2. The van der Waals surface area contributed by atoms with Crippen molar-refractivity contribution in [2.24, 2.45) is 5.92 Å². The van der Waals surface area contributed by atoms with Crippen LogP contribution in [-0.4, -0.2) is 5.97 Å². The van der Waals surface area contributed by atoms with Gasteiger partial charge in [-0.15, -0.1) is 0 Å². The molecular weight excluding hydrogens is 488 g/mol. The molecule has 0 spiro atoms. The van der Waals surface area contributed by atoms with Gasteiger partial charge in [-0.05, 0) is 63.9 Å². The van der Waals surface area contributed by atoms with E-state index in [4.69, 9.17) is 4.74 Å². The molecule has 1 heterocycles. The Morgan fingerprint density at radius 1 is 0.475 bits per heavy atom. The van der Waals surface area contributed by atoms with Gasteiger partial charge in [0.25, 0.3) is 0 Å². The third-order valence-electron chi connectivity index (χ3n) is 8.41. The van der Waals surface area contributed by atoms with Gasteiger partial charge in [-0.3, -0.25) is 4.79 Å². The molecule has 0 radical (unpaired) electrons. The van der Waals surface area contributed by atoms with E-state index < -0.39 is 0 Å². The quantitative estimate of drug-likeness (QED) is 0.0499. The van der Waals surface area contributed by atoms with Gasteiger partial charge in [0.15, 0.2) is 0 Å². The fourth-order valence-corrected chi connectivity index (χ4v) is 5.61. The molecule has 40 heavy (non-hydrogen) atoms. The summed E-state index contributed by atoms with van der Waals surface area (Å²) in [5.74, 6) is 1.06. The van der Waals surface area contributed by atoms with Crippen LogP contribution in [0.2, 0.25) is 0 Å². The van der Waals surface area contributed by atoms with Crippen molar-refractivity contribution < 1.29 is 9.53 Å².